The molecule has 3 aromatic rings. The van der Waals surface area contributed by atoms with E-state index in [0.29, 0.717) is 26.3 Å². The van der Waals surface area contributed by atoms with E-state index in [4.69, 9.17) is 9.84 Å². The van der Waals surface area contributed by atoms with Crippen LogP contribution in [0.15, 0.2) is 47.3 Å². The van der Waals surface area contributed by atoms with Gasteiger partial charge >= 0.3 is 0 Å². The van der Waals surface area contributed by atoms with Gasteiger partial charge in [0.15, 0.2) is 0 Å². The number of carbonyl (C=O) groups is 1. The minimum Gasteiger partial charge on any atom is -0.377 e. The summed E-state index contributed by atoms with van der Waals surface area (Å²) >= 11 is 0. The molecule has 1 aromatic carbocycles. The number of morpholine rings is 1. The molecule has 1 fully saturated rings. The first-order valence-electron chi connectivity index (χ1n) is 10.1. The Labute approximate surface area is 175 Å². The molecule has 0 aliphatic carbocycles. The van der Waals surface area contributed by atoms with Crippen LogP contribution in [0.2, 0.25) is 0 Å². The van der Waals surface area contributed by atoms with Crippen LogP contribution in [-0.2, 0) is 11.3 Å². The number of aromatic nitrogens is 3. The fourth-order valence-corrected chi connectivity index (χ4v) is 4.08. The molecule has 156 valence electrons. The second-order valence-corrected chi connectivity index (χ2v) is 7.70. The number of ether oxygens (including phenoxy) is 1. The van der Waals surface area contributed by atoms with Crippen molar-refractivity contribution in [3.8, 4) is 0 Å². The molecule has 30 heavy (non-hydrogen) atoms. The maximum Gasteiger partial charge on any atom is 0.260 e. The van der Waals surface area contributed by atoms with Gasteiger partial charge in [0.2, 0.25) is 0 Å². The van der Waals surface area contributed by atoms with Crippen molar-refractivity contribution in [2.24, 2.45) is 0 Å². The van der Waals surface area contributed by atoms with Crippen molar-refractivity contribution >= 4 is 5.91 Å². The first-order valence-corrected chi connectivity index (χ1v) is 10.1. The highest BCUT2D eigenvalue weighted by molar-refractivity contribution is 5.94. The van der Waals surface area contributed by atoms with Gasteiger partial charge in [-0.3, -0.25) is 14.3 Å². The minimum atomic E-state index is -0.363. The van der Waals surface area contributed by atoms with E-state index in [2.05, 4.69) is 17.1 Å². The van der Waals surface area contributed by atoms with Gasteiger partial charge in [-0.2, -0.15) is 5.10 Å². The van der Waals surface area contributed by atoms with E-state index in [1.54, 1.807) is 24.0 Å². The van der Waals surface area contributed by atoms with Gasteiger partial charge in [0.25, 0.3) is 11.5 Å². The summed E-state index contributed by atoms with van der Waals surface area (Å²) in [6.07, 6.45) is 0. The summed E-state index contributed by atoms with van der Waals surface area (Å²) in [6, 6.07) is 13.2. The summed E-state index contributed by atoms with van der Waals surface area (Å²) in [5.74, 6) is -0.279. The van der Waals surface area contributed by atoms with Crippen LogP contribution in [-0.4, -0.2) is 45.3 Å². The molecule has 7 nitrogen and oxygen atoms in total. The SMILES string of the molecule is Cc1ccc(C(=O)N2CCOC[C@@H]2c2c(C)nn(Cc3ccccc3)c2C)c(=O)[nH]1. The number of aromatic amines is 1. The highest BCUT2D eigenvalue weighted by Gasteiger charge is 2.34. The molecule has 1 saturated heterocycles. The number of nitrogens with one attached hydrogen (secondary N) is 1. The van der Waals surface area contributed by atoms with E-state index in [-0.39, 0.29) is 23.1 Å². The summed E-state index contributed by atoms with van der Waals surface area (Å²) < 4.78 is 7.69. The van der Waals surface area contributed by atoms with E-state index in [1.165, 1.54) is 0 Å². The van der Waals surface area contributed by atoms with Gasteiger partial charge < -0.3 is 14.6 Å². The number of nitrogens with zero attached hydrogens (tertiary/aromatic N) is 3. The first-order chi connectivity index (χ1) is 14.5. The van der Waals surface area contributed by atoms with Crippen molar-refractivity contribution < 1.29 is 9.53 Å². The van der Waals surface area contributed by atoms with Crippen molar-refractivity contribution in [1.82, 2.24) is 19.7 Å². The normalized spacial score (nSPS) is 16.6. The van der Waals surface area contributed by atoms with Gasteiger partial charge in [0, 0.05) is 23.5 Å². The summed E-state index contributed by atoms with van der Waals surface area (Å²) in [6.45, 7) is 7.69. The molecular weight excluding hydrogens is 380 g/mol. The van der Waals surface area contributed by atoms with Crippen LogP contribution >= 0.6 is 0 Å². The number of aryl methyl sites for hydroxylation is 2. The quantitative estimate of drug-likeness (QED) is 0.723. The third-order valence-corrected chi connectivity index (χ3v) is 5.62. The van der Waals surface area contributed by atoms with Gasteiger partial charge in [-0.05, 0) is 38.5 Å². The van der Waals surface area contributed by atoms with Crippen LogP contribution in [0.1, 0.15) is 44.6 Å². The highest BCUT2D eigenvalue weighted by atomic mass is 16.5. The Kier molecular flexibility index (Phi) is 5.55. The number of amides is 1. The maximum atomic E-state index is 13.3. The van der Waals surface area contributed by atoms with Gasteiger partial charge in [-0.15, -0.1) is 0 Å². The van der Waals surface area contributed by atoms with Crippen LogP contribution in [0.5, 0.6) is 0 Å². The lowest BCUT2D eigenvalue weighted by Crippen LogP contribution is -2.45. The van der Waals surface area contributed by atoms with Crippen LogP contribution in [0.3, 0.4) is 0 Å². The molecule has 1 N–H and O–H groups in total. The smallest absolute Gasteiger partial charge is 0.260 e. The van der Waals surface area contributed by atoms with Crippen molar-refractivity contribution in [2.75, 3.05) is 19.8 Å². The third kappa shape index (κ3) is 3.80. The van der Waals surface area contributed by atoms with Crippen LogP contribution < -0.4 is 5.56 Å². The average Bonchev–Trinajstić information content (AvgIpc) is 3.01. The molecule has 0 bridgehead atoms. The van der Waals surface area contributed by atoms with Crippen LogP contribution in [0, 0.1) is 20.8 Å². The predicted octanol–water partition coefficient (Wildman–Crippen LogP) is 2.76. The van der Waals surface area contributed by atoms with Crippen molar-refractivity contribution in [1.29, 1.82) is 0 Å². The largest absolute Gasteiger partial charge is 0.377 e. The molecule has 3 heterocycles. The number of carbonyl (C=O) groups excluding carboxylic acids is 1. The molecule has 4 rings (SSSR count). The topological polar surface area (TPSA) is 80.2 Å². The van der Waals surface area contributed by atoms with E-state index in [1.807, 2.05) is 36.7 Å². The zero-order valence-electron chi connectivity index (χ0n) is 17.5. The lowest BCUT2D eigenvalue weighted by molar-refractivity contribution is -0.00315. The summed E-state index contributed by atoms with van der Waals surface area (Å²) in [5.41, 5.74) is 4.54. The monoisotopic (exact) mass is 406 g/mol. The van der Waals surface area contributed by atoms with Crippen molar-refractivity contribution in [2.45, 2.75) is 33.4 Å². The van der Waals surface area contributed by atoms with E-state index >= 15 is 0 Å². The molecule has 1 atom stereocenters. The molecule has 7 heteroatoms. The number of hydrogen-bond acceptors (Lipinski definition) is 4. The Bertz CT molecular complexity index is 1120. The van der Waals surface area contributed by atoms with E-state index in [9.17, 15) is 9.59 Å². The molecule has 0 radical (unpaired) electrons. The standard InChI is InChI=1S/C23H26N4O3/c1-15-9-10-19(22(28)24-15)23(29)26-11-12-30-14-20(26)21-16(2)25-27(17(21)3)13-18-7-5-4-6-8-18/h4-10,20H,11-14H2,1-3H3,(H,24,28)/t20-/m1/s1. The van der Waals surface area contributed by atoms with Gasteiger partial charge in [-0.1, -0.05) is 30.3 Å². The molecule has 2 aromatic heterocycles. The van der Waals surface area contributed by atoms with Crippen molar-refractivity contribution in [3.05, 3.63) is 86.6 Å². The van der Waals surface area contributed by atoms with Gasteiger partial charge in [0.1, 0.15) is 5.56 Å². The molecule has 1 aliphatic heterocycles. The van der Waals surface area contributed by atoms with Gasteiger partial charge in [0.05, 0.1) is 31.5 Å². The Hall–Kier alpha value is -3.19. The average molecular weight is 406 g/mol. The molecule has 1 amide bonds. The third-order valence-electron chi connectivity index (χ3n) is 5.62. The number of rotatable bonds is 4. The fraction of sp³-hybridized carbons (Fsp3) is 0.348. The van der Waals surface area contributed by atoms with E-state index in [0.717, 1.165) is 28.2 Å². The summed E-state index contributed by atoms with van der Waals surface area (Å²) in [5, 5.41) is 4.73. The summed E-state index contributed by atoms with van der Waals surface area (Å²) in [4.78, 5) is 30.1. The van der Waals surface area contributed by atoms with Crippen LogP contribution in [0.4, 0.5) is 0 Å². The molecule has 1 aliphatic rings. The maximum absolute atomic E-state index is 13.3. The molecular formula is C23H26N4O3. The Morgan fingerprint density at radius 2 is 1.93 bits per heavy atom. The second-order valence-electron chi connectivity index (χ2n) is 7.70. The molecule has 0 saturated carbocycles. The zero-order valence-corrected chi connectivity index (χ0v) is 17.5. The second kappa shape index (κ2) is 8.28. The Balaban J connectivity index is 1.67. The van der Waals surface area contributed by atoms with Gasteiger partial charge in [-0.25, -0.2) is 0 Å². The molecule has 0 spiro atoms. The zero-order chi connectivity index (χ0) is 21.3. The number of H-pyrrole nitrogens is 1. The predicted molar refractivity (Wildman–Crippen MR) is 114 cm³/mol. The number of pyridine rings is 1. The van der Waals surface area contributed by atoms with Crippen molar-refractivity contribution in [3.63, 3.8) is 0 Å². The molecule has 0 unspecified atom stereocenters. The summed E-state index contributed by atoms with van der Waals surface area (Å²) in [7, 11) is 0. The van der Waals surface area contributed by atoms with E-state index < -0.39 is 0 Å². The first kappa shape index (κ1) is 20.1. The minimum absolute atomic E-state index is 0.152. The lowest BCUT2D eigenvalue weighted by Gasteiger charge is -2.36. The van der Waals surface area contributed by atoms with Crippen LogP contribution in [0.25, 0.3) is 0 Å². The number of hydrogen-bond donors (Lipinski definition) is 1. The number of benzene rings is 1. The highest BCUT2D eigenvalue weighted by Crippen LogP contribution is 2.30. The lowest BCUT2D eigenvalue weighted by atomic mass is 10.0. The Morgan fingerprint density at radius 3 is 2.67 bits per heavy atom. The fourth-order valence-electron chi connectivity index (χ4n) is 4.08. The Morgan fingerprint density at radius 1 is 1.17 bits per heavy atom.